The van der Waals surface area contributed by atoms with Crippen molar-refractivity contribution in [1.29, 1.82) is 0 Å². The summed E-state index contributed by atoms with van der Waals surface area (Å²) in [5.74, 6) is 0. The van der Waals surface area contributed by atoms with E-state index < -0.39 is 0 Å². The molecule has 1 heterocycles. The van der Waals surface area contributed by atoms with E-state index in [9.17, 15) is 0 Å². The minimum Gasteiger partial charge on any atom is -0.309 e. The molecule has 1 heteroatoms. The van der Waals surface area contributed by atoms with Crippen LogP contribution in [0.25, 0.3) is 148 Å². The lowest BCUT2D eigenvalue weighted by Crippen LogP contribution is -1.94. The van der Waals surface area contributed by atoms with Crippen molar-refractivity contribution in [2.75, 3.05) is 0 Å². The number of fused-ring (bicyclic) bond motifs is 9. The second-order valence-corrected chi connectivity index (χ2v) is 19.5. The van der Waals surface area contributed by atoms with E-state index in [2.05, 4.69) is 278 Å². The predicted molar refractivity (Wildman–Crippen MR) is 313 cm³/mol. The molecule has 338 valence electrons. The molecule has 73 heavy (non-hydrogen) atoms. The molecule has 0 aliphatic heterocycles. The van der Waals surface area contributed by atoms with Gasteiger partial charge in [0.15, 0.2) is 0 Å². The Kier molecular flexibility index (Phi) is 9.33. The van der Waals surface area contributed by atoms with Crippen LogP contribution in [0.5, 0.6) is 0 Å². The lowest BCUT2D eigenvalue weighted by molar-refractivity contribution is 1.18. The first-order valence-corrected chi connectivity index (χ1v) is 25.3. The van der Waals surface area contributed by atoms with E-state index >= 15 is 0 Å². The van der Waals surface area contributed by atoms with E-state index in [-0.39, 0.29) is 0 Å². The molecule has 0 fully saturated rings. The van der Waals surface area contributed by atoms with Crippen LogP contribution >= 0.6 is 0 Å². The van der Waals surface area contributed by atoms with Crippen molar-refractivity contribution in [3.8, 4) is 61.3 Å². The average molecular weight is 924 g/mol. The smallest absolute Gasteiger partial charge is 0.0541 e. The Balaban J connectivity index is 0.909. The highest BCUT2D eigenvalue weighted by Gasteiger charge is 2.21. The second-order valence-electron chi connectivity index (χ2n) is 19.5. The van der Waals surface area contributed by atoms with Gasteiger partial charge in [-0.05, 0) is 169 Å². The van der Waals surface area contributed by atoms with Crippen molar-refractivity contribution < 1.29 is 0 Å². The zero-order valence-corrected chi connectivity index (χ0v) is 39.9. The normalized spacial score (nSPS) is 11.8. The van der Waals surface area contributed by atoms with Crippen molar-refractivity contribution in [1.82, 2.24) is 4.57 Å². The number of rotatable bonds is 6. The summed E-state index contributed by atoms with van der Waals surface area (Å²) in [6.07, 6.45) is 0. The zero-order chi connectivity index (χ0) is 48.0. The summed E-state index contributed by atoms with van der Waals surface area (Å²) in [5, 5.41) is 17.5. The molecule has 0 saturated carbocycles. The Morgan fingerprint density at radius 2 is 0.521 bits per heavy atom. The maximum atomic E-state index is 2.46. The van der Waals surface area contributed by atoms with Gasteiger partial charge in [-0.1, -0.05) is 224 Å². The van der Waals surface area contributed by atoms with Crippen molar-refractivity contribution in [3.63, 3.8) is 0 Å². The molecule has 0 spiro atoms. The van der Waals surface area contributed by atoms with Crippen LogP contribution in [-0.4, -0.2) is 4.57 Å². The van der Waals surface area contributed by atoms with Gasteiger partial charge in [0, 0.05) is 16.5 Å². The summed E-state index contributed by atoms with van der Waals surface area (Å²) in [5.41, 5.74) is 15.8. The standard InChI is InChI=1S/C72H45N/c1-3-18-49-42-54(34-32-46(49)16-1)71-63-28-9-10-29-64(63)72(55-35-33-47-17-2-4-19-50(47)43-55)66-45-52(38-41-65(66)71)51-20-15-21-53(44-51)70-61-26-7-5-24-59(61)69(60-25-6-8-27-62(60)70)48-36-39-56(40-37-48)73-67-30-13-11-22-57(67)58-23-12-14-31-68(58)73/h1-45H. The molecule has 1 aromatic heterocycles. The molecule has 0 radical (unpaired) electrons. The maximum Gasteiger partial charge on any atom is 0.0541 e. The minimum atomic E-state index is 1.15. The summed E-state index contributed by atoms with van der Waals surface area (Å²) in [7, 11) is 0. The second kappa shape index (κ2) is 16.5. The Bertz CT molecular complexity index is 4610. The van der Waals surface area contributed by atoms with Crippen LogP contribution in [0, 0.1) is 0 Å². The van der Waals surface area contributed by atoms with Crippen LogP contribution in [0.3, 0.4) is 0 Å². The van der Waals surface area contributed by atoms with Gasteiger partial charge in [0.25, 0.3) is 0 Å². The SMILES string of the molecule is c1cc(-c2ccc3c(-c4ccc5ccccc5c4)c4ccccc4c(-c4ccc5ccccc5c4)c3c2)cc(-c2c3ccccc3c(-c3ccc(-n4c5ccccc5c5ccccc54)cc3)c3ccccc23)c1. The van der Waals surface area contributed by atoms with Gasteiger partial charge < -0.3 is 4.57 Å². The van der Waals surface area contributed by atoms with E-state index in [1.54, 1.807) is 0 Å². The molecule has 0 atom stereocenters. The molecule has 14 aromatic carbocycles. The Morgan fingerprint density at radius 3 is 1.03 bits per heavy atom. The Labute approximate surface area is 423 Å². The van der Waals surface area contributed by atoms with Crippen molar-refractivity contribution in [2.24, 2.45) is 0 Å². The number of para-hydroxylation sites is 2. The predicted octanol–water partition coefficient (Wildman–Crippen LogP) is 20.0. The van der Waals surface area contributed by atoms with Gasteiger partial charge >= 0.3 is 0 Å². The van der Waals surface area contributed by atoms with Gasteiger partial charge in [0.1, 0.15) is 0 Å². The lowest BCUT2D eigenvalue weighted by Gasteiger charge is -2.20. The van der Waals surface area contributed by atoms with Gasteiger partial charge in [-0.2, -0.15) is 0 Å². The van der Waals surface area contributed by atoms with Crippen LogP contribution < -0.4 is 0 Å². The van der Waals surface area contributed by atoms with Crippen LogP contribution in [-0.2, 0) is 0 Å². The van der Waals surface area contributed by atoms with Crippen molar-refractivity contribution in [2.45, 2.75) is 0 Å². The lowest BCUT2D eigenvalue weighted by atomic mass is 9.83. The molecular formula is C72H45N. The Hall–Kier alpha value is -9.56. The number of nitrogens with zero attached hydrogens (tertiary/aromatic N) is 1. The van der Waals surface area contributed by atoms with E-state index in [1.165, 1.54) is 142 Å². The van der Waals surface area contributed by atoms with Gasteiger partial charge in [-0.15, -0.1) is 0 Å². The minimum absolute atomic E-state index is 1.15. The molecule has 0 saturated heterocycles. The highest BCUT2D eigenvalue weighted by atomic mass is 15.0. The summed E-state index contributed by atoms with van der Waals surface area (Å²) < 4.78 is 2.40. The van der Waals surface area contributed by atoms with Gasteiger partial charge in [-0.25, -0.2) is 0 Å². The molecule has 15 rings (SSSR count). The monoisotopic (exact) mass is 923 g/mol. The molecular weight excluding hydrogens is 879 g/mol. The summed E-state index contributed by atoms with van der Waals surface area (Å²) in [6, 6.07) is 101. The van der Waals surface area contributed by atoms with Gasteiger partial charge in [-0.3, -0.25) is 0 Å². The average Bonchev–Trinajstić information content (AvgIpc) is 3.80. The fraction of sp³-hybridized carbons (Fsp3) is 0. The fourth-order valence-corrected chi connectivity index (χ4v) is 12.3. The molecule has 0 aliphatic carbocycles. The van der Waals surface area contributed by atoms with E-state index in [0.717, 1.165) is 5.69 Å². The first-order chi connectivity index (χ1) is 36.2. The molecule has 1 nitrogen and oxygen atoms in total. The van der Waals surface area contributed by atoms with E-state index in [4.69, 9.17) is 0 Å². The highest BCUT2D eigenvalue weighted by Crippen LogP contribution is 2.48. The van der Waals surface area contributed by atoms with E-state index in [1.807, 2.05) is 0 Å². The number of aromatic nitrogens is 1. The van der Waals surface area contributed by atoms with Crippen LogP contribution in [0.4, 0.5) is 0 Å². The summed E-state index contributed by atoms with van der Waals surface area (Å²) in [6.45, 7) is 0. The molecule has 15 aromatic rings. The quantitative estimate of drug-likeness (QED) is 0.146. The molecule has 0 amide bonds. The number of hydrogen-bond acceptors (Lipinski definition) is 0. The first-order valence-electron chi connectivity index (χ1n) is 25.3. The largest absolute Gasteiger partial charge is 0.309 e. The molecule has 0 aliphatic rings. The van der Waals surface area contributed by atoms with Crippen LogP contribution in [0.2, 0.25) is 0 Å². The summed E-state index contributed by atoms with van der Waals surface area (Å²) in [4.78, 5) is 0. The third-order valence-electron chi connectivity index (χ3n) is 15.5. The first kappa shape index (κ1) is 41.2. The maximum absolute atomic E-state index is 2.46. The molecule has 0 N–H and O–H groups in total. The van der Waals surface area contributed by atoms with Gasteiger partial charge in [0.05, 0.1) is 11.0 Å². The Morgan fingerprint density at radius 1 is 0.178 bits per heavy atom. The third kappa shape index (κ3) is 6.56. The van der Waals surface area contributed by atoms with Crippen LogP contribution in [0.15, 0.2) is 273 Å². The summed E-state index contributed by atoms with van der Waals surface area (Å²) >= 11 is 0. The fourth-order valence-electron chi connectivity index (χ4n) is 12.3. The van der Waals surface area contributed by atoms with Crippen LogP contribution in [0.1, 0.15) is 0 Å². The number of benzene rings is 14. The topological polar surface area (TPSA) is 4.93 Å². The highest BCUT2D eigenvalue weighted by molar-refractivity contribution is 6.24. The van der Waals surface area contributed by atoms with E-state index in [0.29, 0.717) is 0 Å². The van der Waals surface area contributed by atoms with Crippen molar-refractivity contribution >= 4 is 86.4 Å². The molecule has 0 unspecified atom stereocenters. The number of hydrogen-bond donors (Lipinski definition) is 0. The molecule has 0 bridgehead atoms. The van der Waals surface area contributed by atoms with Gasteiger partial charge in [0.2, 0.25) is 0 Å². The zero-order valence-electron chi connectivity index (χ0n) is 39.9. The van der Waals surface area contributed by atoms with Crippen molar-refractivity contribution in [3.05, 3.63) is 273 Å². The third-order valence-corrected chi connectivity index (χ3v) is 15.5.